The quantitative estimate of drug-likeness (QED) is 0.422. The first-order valence-corrected chi connectivity index (χ1v) is 9.68. The summed E-state index contributed by atoms with van der Waals surface area (Å²) in [6.45, 7) is 1.16. The van der Waals surface area contributed by atoms with Crippen molar-refractivity contribution in [2.75, 3.05) is 27.9 Å². The van der Waals surface area contributed by atoms with E-state index in [2.05, 4.69) is 10.6 Å². The van der Waals surface area contributed by atoms with Gasteiger partial charge >= 0.3 is 0 Å². The molecule has 0 saturated heterocycles. The molecule has 3 aromatic carbocycles. The normalized spacial score (nSPS) is 10.8. The minimum atomic E-state index is 0.507. The second kappa shape index (κ2) is 8.78. The van der Waals surface area contributed by atoms with E-state index >= 15 is 0 Å². The van der Waals surface area contributed by atoms with E-state index in [0.717, 1.165) is 33.9 Å². The van der Waals surface area contributed by atoms with Gasteiger partial charge in [0.25, 0.3) is 0 Å². The lowest BCUT2D eigenvalue weighted by atomic mass is 10.2. The van der Waals surface area contributed by atoms with E-state index in [9.17, 15) is 0 Å². The van der Waals surface area contributed by atoms with E-state index in [1.54, 1.807) is 21.3 Å². The van der Waals surface area contributed by atoms with Crippen LogP contribution in [-0.2, 0) is 6.54 Å². The molecule has 0 aliphatic rings. The Balaban J connectivity index is 1.63. The molecule has 0 saturated carbocycles. The van der Waals surface area contributed by atoms with Gasteiger partial charge in [-0.25, -0.2) is 4.98 Å². The molecule has 0 unspecified atom stereocenters. The number of benzene rings is 3. The lowest BCUT2D eigenvalue weighted by Crippen LogP contribution is -2.09. The second-order valence-electron chi connectivity index (χ2n) is 6.67. The van der Waals surface area contributed by atoms with Crippen LogP contribution in [0.5, 0.6) is 23.0 Å². The van der Waals surface area contributed by atoms with Crippen LogP contribution in [0.1, 0.15) is 0 Å². The van der Waals surface area contributed by atoms with Crippen molar-refractivity contribution in [3.05, 3.63) is 66.7 Å². The smallest absolute Gasteiger partial charge is 0.161 e. The lowest BCUT2D eigenvalue weighted by Gasteiger charge is -2.13. The van der Waals surface area contributed by atoms with Crippen molar-refractivity contribution in [2.24, 2.45) is 0 Å². The van der Waals surface area contributed by atoms with Gasteiger partial charge in [0.15, 0.2) is 11.5 Å². The van der Waals surface area contributed by atoms with Crippen LogP contribution in [-0.4, -0.2) is 37.5 Å². The first kappa shape index (κ1) is 19.6. The summed E-state index contributed by atoms with van der Waals surface area (Å²) in [5, 5.41) is 0. The van der Waals surface area contributed by atoms with E-state index in [1.165, 1.54) is 0 Å². The maximum atomic E-state index is 5.95. The van der Waals surface area contributed by atoms with Crippen molar-refractivity contribution in [3.8, 4) is 34.4 Å². The second-order valence-corrected chi connectivity index (χ2v) is 6.67. The molecule has 0 bridgehead atoms. The molecule has 30 heavy (non-hydrogen) atoms. The molecule has 0 aliphatic carbocycles. The predicted octanol–water partition coefficient (Wildman–Crippen LogP) is 4.81. The molecule has 1 aromatic heterocycles. The van der Waals surface area contributed by atoms with Gasteiger partial charge in [-0.3, -0.25) is 0 Å². The van der Waals surface area contributed by atoms with Crippen molar-refractivity contribution in [1.82, 2.24) is 9.55 Å². The molecule has 4 aromatic rings. The maximum Gasteiger partial charge on any atom is 0.161 e. The van der Waals surface area contributed by atoms with Crippen molar-refractivity contribution in [3.63, 3.8) is 0 Å². The number of para-hydroxylation sites is 2. The fraction of sp³-hybridized carbons (Fsp3) is 0.208. The monoisotopic (exact) mass is 404 g/mol. The number of methoxy groups -OCH3 is 3. The van der Waals surface area contributed by atoms with E-state index in [0.29, 0.717) is 24.7 Å². The summed E-state index contributed by atoms with van der Waals surface area (Å²) >= 11 is 0. The Bertz CT molecular complexity index is 1140. The van der Waals surface area contributed by atoms with Gasteiger partial charge in [-0.1, -0.05) is 12.1 Å². The average Bonchev–Trinajstić information content (AvgIpc) is 3.17. The zero-order valence-electron chi connectivity index (χ0n) is 17.3. The van der Waals surface area contributed by atoms with Crippen LogP contribution >= 0.6 is 0 Å². The van der Waals surface area contributed by atoms with Gasteiger partial charge in [-0.15, -0.1) is 0 Å². The topological polar surface area (TPSA) is 54.7 Å². The Kier molecular flexibility index (Phi) is 5.75. The highest BCUT2D eigenvalue weighted by Crippen LogP contribution is 2.33. The number of nitrogens with zero attached hydrogens (tertiary/aromatic N) is 2. The number of fused-ring (bicyclic) bond motifs is 1. The van der Waals surface area contributed by atoms with Gasteiger partial charge in [0.2, 0.25) is 0 Å². The van der Waals surface area contributed by atoms with Gasteiger partial charge in [0.1, 0.15) is 23.9 Å². The van der Waals surface area contributed by atoms with Gasteiger partial charge in [-0.05, 0) is 54.6 Å². The molecule has 0 radical (unpaired) electrons. The number of aromatic nitrogens is 2. The third-order valence-corrected chi connectivity index (χ3v) is 4.94. The molecule has 0 amide bonds. The molecule has 0 fully saturated rings. The summed E-state index contributed by atoms with van der Waals surface area (Å²) in [6.07, 6.45) is 0. The molecule has 0 atom stereocenters. The highest BCUT2D eigenvalue weighted by atomic mass is 16.5. The SMILES string of the molecule is COc1ccc(OCCn2c(-c3ccc(OC)c(OC)c3)nc3ccccc32)cc1. The summed E-state index contributed by atoms with van der Waals surface area (Å²) < 4.78 is 24.2. The molecule has 1 heterocycles. The van der Waals surface area contributed by atoms with E-state index < -0.39 is 0 Å². The molecule has 6 nitrogen and oxygen atoms in total. The number of rotatable bonds is 8. The molecular formula is C24H24N2O4. The third-order valence-electron chi connectivity index (χ3n) is 4.94. The maximum absolute atomic E-state index is 5.95. The highest BCUT2D eigenvalue weighted by Gasteiger charge is 2.15. The molecule has 6 heteroatoms. The zero-order chi connectivity index (χ0) is 20.9. The average molecular weight is 404 g/mol. The van der Waals surface area contributed by atoms with Crippen molar-refractivity contribution in [2.45, 2.75) is 6.54 Å². The molecule has 0 spiro atoms. The molecule has 4 rings (SSSR count). The van der Waals surface area contributed by atoms with Gasteiger partial charge in [0, 0.05) is 5.56 Å². The van der Waals surface area contributed by atoms with E-state index in [4.69, 9.17) is 23.9 Å². The number of hydrogen-bond acceptors (Lipinski definition) is 5. The largest absolute Gasteiger partial charge is 0.497 e. The Morgan fingerprint density at radius 1 is 0.767 bits per heavy atom. The number of ether oxygens (including phenoxy) is 4. The van der Waals surface area contributed by atoms with Crippen molar-refractivity contribution in [1.29, 1.82) is 0 Å². The third kappa shape index (κ3) is 3.89. The van der Waals surface area contributed by atoms with Crippen molar-refractivity contribution >= 4 is 11.0 Å². The summed E-state index contributed by atoms with van der Waals surface area (Å²) in [6, 6.07) is 21.5. The van der Waals surface area contributed by atoms with Gasteiger partial charge in [0.05, 0.1) is 38.9 Å². The zero-order valence-corrected chi connectivity index (χ0v) is 17.3. The summed E-state index contributed by atoms with van der Waals surface area (Å²) in [5.41, 5.74) is 2.95. The van der Waals surface area contributed by atoms with E-state index in [1.807, 2.05) is 60.7 Å². The first-order valence-electron chi connectivity index (χ1n) is 9.68. The van der Waals surface area contributed by atoms with Gasteiger partial charge < -0.3 is 23.5 Å². The minimum absolute atomic E-state index is 0.507. The minimum Gasteiger partial charge on any atom is -0.497 e. The Morgan fingerprint density at radius 3 is 2.23 bits per heavy atom. The summed E-state index contributed by atoms with van der Waals surface area (Å²) in [7, 11) is 4.91. The van der Waals surface area contributed by atoms with E-state index in [-0.39, 0.29) is 0 Å². The van der Waals surface area contributed by atoms with Crippen LogP contribution in [0.3, 0.4) is 0 Å². The molecule has 0 aliphatic heterocycles. The summed E-state index contributed by atoms with van der Waals surface area (Å²) in [5.74, 6) is 3.82. The van der Waals surface area contributed by atoms with Crippen LogP contribution in [0, 0.1) is 0 Å². The van der Waals surface area contributed by atoms with Crippen molar-refractivity contribution < 1.29 is 18.9 Å². The molecule has 0 N–H and O–H groups in total. The molecular weight excluding hydrogens is 380 g/mol. The molecule has 154 valence electrons. The van der Waals surface area contributed by atoms with Crippen LogP contribution < -0.4 is 18.9 Å². The fourth-order valence-electron chi connectivity index (χ4n) is 3.42. The Labute approximate surface area is 175 Å². The Hall–Kier alpha value is -3.67. The lowest BCUT2D eigenvalue weighted by molar-refractivity contribution is 0.300. The highest BCUT2D eigenvalue weighted by molar-refractivity contribution is 5.81. The number of imidazole rings is 1. The predicted molar refractivity (Wildman–Crippen MR) is 117 cm³/mol. The summed E-state index contributed by atoms with van der Waals surface area (Å²) in [4.78, 5) is 4.86. The fourth-order valence-corrected chi connectivity index (χ4v) is 3.42. The Morgan fingerprint density at radius 2 is 1.50 bits per heavy atom. The van der Waals surface area contributed by atoms with Gasteiger partial charge in [-0.2, -0.15) is 0 Å². The first-order chi connectivity index (χ1) is 14.7. The number of hydrogen-bond donors (Lipinski definition) is 0. The van der Waals surface area contributed by atoms with Crippen LogP contribution in [0.2, 0.25) is 0 Å². The van der Waals surface area contributed by atoms with Crippen LogP contribution in [0.25, 0.3) is 22.4 Å². The van der Waals surface area contributed by atoms with Crippen LogP contribution in [0.4, 0.5) is 0 Å². The standard InChI is InChI=1S/C24H24N2O4/c1-27-18-9-11-19(12-10-18)30-15-14-26-21-7-5-4-6-20(21)25-24(26)17-8-13-22(28-2)23(16-17)29-3/h4-13,16H,14-15H2,1-3H3. The van der Waals surface area contributed by atoms with Crippen LogP contribution in [0.15, 0.2) is 66.7 Å².